The highest BCUT2D eigenvalue weighted by molar-refractivity contribution is 5.52. The van der Waals surface area contributed by atoms with Gasteiger partial charge in [-0.25, -0.2) is 0 Å². The lowest BCUT2D eigenvalue weighted by Crippen LogP contribution is -2.08. The summed E-state index contributed by atoms with van der Waals surface area (Å²) in [4.78, 5) is 0. The maximum absolute atomic E-state index is 13.1. The molecule has 30 heavy (non-hydrogen) atoms. The normalized spacial score (nSPS) is 11.9. The minimum atomic E-state index is -4.68. The van der Waals surface area contributed by atoms with Crippen LogP contribution >= 0.6 is 0 Å². The largest absolute Gasteiger partial charge is 0.457 e. The first-order valence-electron chi connectivity index (χ1n) is 8.33. The Morgan fingerprint density at radius 1 is 0.533 bits per heavy atom. The van der Waals surface area contributed by atoms with Crippen LogP contribution in [-0.4, -0.2) is 0 Å². The van der Waals surface area contributed by atoms with Crippen LogP contribution in [0.2, 0.25) is 0 Å². The summed E-state index contributed by atoms with van der Waals surface area (Å²) in [5.74, 6) is -0.900. The van der Waals surface area contributed by atoms with Gasteiger partial charge in [0, 0.05) is 11.4 Å². The molecule has 0 aliphatic rings. The van der Waals surface area contributed by atoms with Crippen molar-refractivity contribution < 1.29 is 35.8 Å². The third-order valence-electron chi connectivity index (χ3n) is 3.90. The molecule has 0 spiro atoms. The van der Waals surface area contributed by atoms with Crippen LogP contribution in [0.3, 0.4) is 0 Å². The molecule has 0 saturated carbocycles. The monoisotopic (exact) mass is 428 g/mol. The third kappa shape index (κ3) is 4.88. The highest BCUT2D eigenvalue weighted by Crippen LogP contribution is 2.41. The van der Waals surface area contributed by atoms with Gasteiger partial charge in [0.05, 0.1) is 0 Å². The average molecular weight is 428 g/mol. The van der Waals surface area contributed by atoms with Crippen LogP contribution < -0.4 is 20.9 Å². The van der Waals surface area contributed by atoms with E-state index in [-0.39, 0.29) is 22.9 Å². The molecule has 0 aromatic heterocycles. The van der Waals surface area contributed by atoms with Crippen molar-refractivity contribution in [1.29, 1.82) is 0 Å². The summed E-state index contributed by atoms with van der Waals surface area (Å²) in [5.41, 5.74) is 8.53. The third-order valence-corrected chi connectivity index (χ3v) is 3.90. The maximum Gasteiger partial charge on any atom is 0.420 e. The molecular formula is C20H14F6N2O2. The van der Waals surface area contributed by atoms with Crippen LogP contribution in [0, 0.1) is 0 Å². The molecule has 0 fully saturated rings. The second-order valence-electron chi connectivity index (χ2n) is 6.18. The molecule has 0 bridgehead atoms. The number of hydrogen-bond donors (Lipinski definition) is 2. The summed E-state index contributed by atoms with van der Waals surface area (Å²) in [6, 6.07) is 11.2. The molecule has 4 N–H and O–H groups in total. The van der Waals surface area contributed by atoms with Crippen molar-refractivity contribution in [1.82, 2.24) is 0 Å². The van der Waals surface area contributed by atoms with E-state index in [2.05, 4.69) is 0 Å². The molecule has 0 heterocycles. The van der Waals surface area contributed by atoms with Gasteiger partial charge >= 0.3 is 12.4 Å². The Labute approximate surface area is 166 Å². The Kier molecular flexibility index (Phi) is 5.43. The SMILES string of the molecule is Nc1ccc(Oc2ccc(Oc3ccc(N)cc3C(F)(F)F)cc2)c(C(F)(F)F)c1. The van der Waals surface area contributed by atoms with Crippen molar-refractivity contribution in [2.75, 3.05) is 11.5 Å². The van der Waals surface area contributed by atoms with Crippen molar-refractivity contribution in [3.63, 3.8) is 0 Å². The predicted molar refractivity (Wildman–Crippen MR) is 98.3 cm³/mol. The zero-order valence-corrected chi connectivity index (χ0v) is 15.0. The lowest BCUT2D eigenvalue weighted by molar-refractivity contribution is -0.139. The van der Waals surface area contributed by atoms with Gasteiger partial charge in [-0.3, -0.25) is 0 Å². The molecule has 0 atom stereocenters. The molecule has 0 saturated heterocycles. The summed E-state index contributed by atoms with van der Waals surface area (Å²) >= 11 is 0. The Hall–Kier alpha value is -3.56. The maximum atomic E-state index is 13.1. The first-order chi connectivity index (χ1) is 13.9. The lowest BCUT2D eigenvalue weighted by atomic mass is 10.1. The standard InChI is InChI=1S/C20H14F6N2O2/c21-19(22,23)15-9-11(27)1-7-17(15)29-13-3-5-14(6-4-13)30-18-8-2-12(28)10-16(18)20(24,25)26/h1-10H,27-28H2. The summed E-state index contributed by atoms with van der Waals surface area (Å²) in [6.07, 6.45) is -9.37. The first-order valence-corrected chi connectivity index (χ1v) is 8.33. The molecule has 3 aromatic carbocycles. The zero-order chi connectivity index (χ0) is 22.1. The molecule has 158 valence electrons. The minimum absolute atomic E-state index is 0.0194. The summed E-state index contributed by atoms with van der Waals surface area (Å²) in [6.45, 7) is 0. The number of ether oxygens (including phenoxy) is 2. The molecule has 3 aromatic rings. The number of rotatable bonds is 4. The minimum Gasteiger partial charge on any atom is -0.457 e. The first kappa shape index (κ1) is 21.2. The molecule has 0 aliphatic carbocycles. The van der Waals surface area contributed by atoms with E-state index in [1.807, 2.05) is 0 Å². The van der Waals surface area contributed by atoms with Crippen LogP contribution in [-0.2, 0) is 12.4 Å². The van der Waals surface area contributed by atoms with E-state index in [1.54, 1.807) is 0 Å². The van der Waals surface area contributed by atoms with Gasteiger partial charge in [-0.1, -0.05) is 0 Å². The van der Waals surface area contributed by atoms with Crippen molar-refractivity contribution in [2.45, 2.75) is 12.4 Å². The van der Waals surface area contributed by atoms with Gasteiger partial charge in [0.15, 0.2) is 0 Å². The summed E-state index contributed by atoms with van der Waals surface area (Å²) < 4.78 is 89.4. The Balaban J connectivity index is 1.83. The number of anilines is 2. The van der Waals surface area contributed by atoms with Crippen LogP contribution in [0.1, 0.15) is 11.1 Å². The fourth-order valence-corrected chi connectivity index (χ4v) is 2.55. The smallest absolute Gasteiger partial charge is 0.420 e. The van der Waals surface area contributed by atoms with Crippen molar-refractivity contribution in [3.8, 4) is 23.0 Å². The van der Waals surface area contributed by atoms with E-state index in [0.29, 0.717) is 0 Å². The van der Waals surface area contributed by atoms with Gasteiger partial charge in [0.25, 0.3) is 0 Å². The molecule has 0 amide bonds. The number of halogens is 6. The second-order valence-corrected chi connectivity index (χ2v) is 6.18. The molecular weight excluding hydrogens is 414 g/mol. The Bertz CT molecular complexity index is 962. The molecule has 4 nitrogen and oxygen atoms in total. The number of hydrogen-bond acceptors (Lipinski definition) is 4. The van der Waals surface area contributed by atoms with Crippen LogP contribution in [0.25, 0.3) is 0 Å². The average Bonchev–Trinajstić information content (AvgIpc) is 2.64. The zero-order valence-electron chi connectivity index (χ0n) is 15.0. The van der Waals surface area contributed by atoms with Gasteiger partial charge in [-0.05, 0) is 60.7 Å². The van der Waals surface area contributed by atoms with E-state index >= 15 is 0 Å². The summed E-state index contributed by atoms with van der Waals surface area (Å²) in [5, 5.41) is 0. The number of benzene rings is 3. The van der Waals surface area contributed by atoms with Crippen LogP contribution in [0.5, 0.6) is 23.0 Å². The van der Waals surface area contributed by atoms with Gasteiger partial charge in [-0.15, -0.1) is 0 Å². The van der Waals surface area contributed by atoms with Crippen molar-refractivity contribution >= 4 is 11.4 Å². The number of nitrogens with two attached hydrogens (primary N) is 2. The van der Waals surface area contributed by atoms with Gasteiger partial charge < -0.3 is 20.9 Å². The van der Waals surface area contributed by atoms with E-state index in [1.165, 1.54) is 36.4 Å². The van der Waals surface area contributed by atoms with E-state index in [4.69, 9.17) is 20.9 Å². The fraction of sp³-hybridized carbons (Fsp3) is 0.100. The molecule has 0 unspecified atom stereocenters. The second kappa shape index (κ2) is 7.69. The van der Waals surface area contributed by atoms with E-state index < -0.39 is 35.0 Å². The van der Waals surface area contributed by atoms with Gasteiger partial charge in [0.1, 0.15) is 34.1 Å². The highest BCUT2D eigenvalue weighted by Gasteiger charge is 2.35. The number of nitrogen functional groups attached to an aromatic ring is 2. The molecule has 0 radical (unpaired) electrons. The Morgan fingerprint density at radius 3 is 1.17 bits per heavy atom. The van der Waals surface area contributed by atoms with E-state index in [9.17, 15) is 26.3 Å². The lowest BCUT2D eigenvalue weighted by Gasteiger charge is -2.16. The summed E-state index contributed by atoms with van der Waals surface area (Å²) in [7, 11) is 0. The quantitative estimate of drug-likeness (QED) is 0.369. The van der Waals surface area contributed by atoms with Crippen molar-refractivity contribution in [3.05, 3.63) is 71.8 Å². The molecule has 3 rings (SSSR count). The van der Waals surface area contributed by atoms with E-state index in [0.717, 1.165) is 24.3 Å². The molecule has 10 heteroatoms. The molecule has 0 aliphatic heterocycles. The Morgan fingerprint density at radius 2 is 0.867 bits per heavy atom. The highest BCUT2D eigenvalue weighted by atomic mass is 19.4. The van der Waals surface area contributed by atoms with Gasteiger partial charge in [0.2, 0.25) is 0 Å². The topological polar surface area (TPSA) is 70.5 Å². The predicted octanol–water partition coefficient (Wildman–Crippen LogP) is 6.47. The fourth-order valence-electron chi connectivity index (χ4n) is 2.55. The van der Waals surface area contributed by atoms with Crippen LogP contribution in [0.15, 0.2) is 60.7 Å². The van der Waals surface area contributed by atoms with Crippen molar-refractivity contribution in [2.24, 2.45) is 0 Å². The number of alkyl halides is 6. The van der Waals surface area contributed by atoms with Gasteiger partial charge in [-0.2, -0.15) is 26.3 Å². The van der Waals surface area contributed by atoms with Crippen LogP contribution in [0.4, 0.5) is 37.7 Å².